The van der Waals surface area contributed by atoms with Gasteiger partial charge in [-0.25, -0.2) is 0 Å². The molecule has 0 radical (unpaired) electrons. The van der Waals surface area contributed by atoms with Crippen LogP contribution < -0.4 is 11.1 Å². The highest BCUT2D eigenvalue weighted by molar-refractivity contribution is 9.10. The summed E-state index contributed by atoms with van der Waals surface area (Å²) in [6.45, 7) is 1.43. The lowest BCUT2D eigenvalue weighted by Crippen LogP contribution is -2.45. The van der Waals surface area contributed by atoms with Crippen LogP contribution >= 0.6 is 15.9 Å². The van der Waals surface area contributed by atoms with Gasteiger partial charge in [0, 0.05) is 34.7 Å². The van der Waals surface area contributed by atoms with E-state index in [1.54, 1.807) is 0 Å². The average Bonchev–Trinajstić information content (AvgIpc) is 3.16. The summed E-state index contributed by atoms with van der Waals surface area (Å²) in [4.78, 5) is 14.6. The lowest BCUT2D eigenvalue weighted by molar-refractivity contribution is -0.133. The van der Waals surface area contributed by atoms with E-state index in [1.165, 1.54) is 0 Å². The molecular weight excluding hydrogens is 406 g/mol. The first-order valence-corrected chi connectivity index (χ1v) is 9.89. The van der Waals surface area contributed by atoms with Gasteiger partial charge in [-0.1, -0.05) is 28.1 Å². The third-order valence-corrected chi connectivity index (χ3v) is 5.64. The molecule has 7 heteroatoms. The third-order valence-electron chi connectivity index (χ3n) is 5.11. The Kier molecular flexibility index (Phi) is 5.13. The van der Waals surface area contributed by atoms with Crippen LogP contribution in [0, 0.1) is 0 Å². The van der Waals surface area contributed by atoms with Gasteiger partial charge >= 0.3 is 0 Å². The molecule has 1 aliphatic rings. The number of carbonyl (C=O) groups excluding carboxylic acids is 1. The zero-order chi connectivity index (χ0) is 18.8. The Morgan fingerprint density at radius 1 is 1.22 bits per heavy atom. The Labute approximate surface area is 166 Å². The Hall–Kier alpha value is -2.38. The van der Waals surface area contributed by atoms with E-state index in [0.717, 1.165) is 39.5 Å². The molecule has 0 bridgehead atoms. The number of rotatable bonds is 4. The van der Waals surface area contributed by atoms with Crippen molar-refractivity contribution in [1.29, 1.82) is 0 Å². The summed E-state index contributed by atoms with van der Waals surface area (Å²) in [5.41, 5.74) is 9.13. The van der Waals surface area contributed by atoms with E-state index >= 15 is 0 Å². The summed E-state index contributed by atoms with van der Waals surface area (Å²) in [7, 11) is 0. The molecule has 0 aliphatic carbocycles. The number of aromatic amines is 1. The zero-order valence-corrected chi connectivity index (χ0v) is 16.4. The van der Waals surface area contributed by atoms with E-state index in [4.69, 9.17) is 5.73 Å². The molecule has 3 aromatic rings. The normalized spacial score (nSPS) is 16.4. The summed E-state index contributed by atoms with van der Waals surface area (Å²) in [5, 5.41) is 11.7. The maximum absolute atomic E-state index is 12.7. The Bertz CT molecular complexity index is 931. The molecule has 1 unspecified atom stereocenters. The van der Waals surface area contributed by atoms with Crippen LogP contribution in [0.5, 0.6) is 0 Å². The molecule has 0 spiro atoms. The average molecular weight is 428 g/mol. The Morgan fingerprint density at radius 2 is 1.96 bits per heavy atom. The van der Waals surface area contributed by atoms with Gasteiger partial charge in [0.2, 0.25) is 5.91 Å². The quantitative estimate of drug-likeness (QED) is 0.594. The van der Waals surface area contributed by atoms with Crippen LogP contribution in [0.15, 0.2) is 53.1 Å². The second kappa shape index (κ2) is 7.70. The first-order valence-electron chi connectivity index (χ1n) is 9.09. The highest BCUT2D eigenvalue weighted by Crippen LogP contribution is 2.23. The molecule has 4 N–H and O–H groups in total. The van der Waals surface area contributed by atoms with Crippen molar-refractivity contribution >= 4 is 38.4 Å². The molecule has 0 saturated carbocycles. The lowest BCUT2D eigenvalue weighted by Gasteiger charge is -2.34. The molecule has 1 amide bonds. The number of amides is 1. The fourth-order valence-corrected chi connectivity index (χ4v) is 3.78. The Balaban J connectivity index is 1.33. The number of anilines is 1. The van der Waals surface area contributed by atoms with E-state index in [-0.39, 0.29) is 5.91 Å². The molecule has 1 aromatic heterocycles. The van der Waals surface area contributed by atoms with Gasteiger partial charge in [0.1, 0.15) is 6.04 Å². The van der Waals surface area contributed by atoms with Crippen molar-refractivity contribution in [3.8, 4) is 0 Å². The minimum atomic E-state index is -0.606. The summed E-state index contributed by atoms with van der Waals surface area (Å²) in [5.74, 6) is -0.00495. The minimum absolute atomic E-state index is 0.00495. The fourth-order valence-electron chi connectivity index (χ4n) is 3.52. The van der Waals surface area contributed by atoms with Gasteiger partial charge in [-0.05, 0) is 48.7 Å². The number of likely N-dealkylation sites (tertiary alicyclic amines) is 1. The standard InChI is InChI=1S/C20H22BrN5O/c21-15-4-1-13(2-5-15)19(22)20(27)26-9-7-16(8-10-26)24-17-6-3-14-12-23-25-18(14)11-17/h1-6,11-12,16,19,24H,7-10,22H2,(H,23,25). The van der Waals surface area contributed by atoms with E-state index in [0.29, 0.717) is 19.1 Å². The van der Waals surface area contributed by atoms with Crippen molar-refractivity contribution in [1.82, 2.24) is 15.1 Å². The van der Waals surface area contributed by atoms with Crippen molar-refractivity contribution in [2.45, 2.75) is 24.9 Å². The smallest absolute Gasteiger partial charge is 0.244 e. The summed E-state index contributed by atoms with van der Waals surface area (Å²) >= 11 is 3.40. The van der Waals surface area contributed by atoms with Crippen molar-refractivity contribution in [2.75, 3.05) is 18.4 Å². The molecule has 2 heterocycles. The first-order chi connectivity index (χ1) is 13.1. The van der Waals surface area contributed by atoms with Crippen molar-refractivity contribution in [3.63, 3.8) is 0 Å². The van der Waals surface area contributed by atoms with Crippen LogP contribution in [0.1, 0.15) is 24.4 Å². The number of H-pyrrole nitrogens is 1. The summed E-state index contributed by atoms with van der Waals surface area (Å²) in [6, 6.07) is 13.5. The van der Waals surface area contributed by atoms with Crippen molar-refractivity contribution < 1.29 is 4.79 Å². The number of fused-ring (bicyclic) bond motifs is 1. The summed E-state index contributed by atoms with van der Waals surface area (Å²) in [6.07, 6.45) is 3.62. The minimum Gasteiger partial charge on any atom is -0.382 e. The molecule has 1 fully saturated rings. The number of halogens is 1. The van der Waals surface area contributed by atoms with Gasteiger partial charge < -0.3 is 16.0 Å². The zero-order valence-electron chi connectivity index (χ0n) is 14.9. The van der Waals surface area contributed by atoms with Gasteiger partial charge in [-0.3, -0.25) is 9.89 Å². The Morgan fingerprint density at radius 3 is 2.70 bits per heavy atom. The largest absolute Gasteiger partial charge is 0.382 e. The monoisotopic (exact) mass is 427 g/mol. The molecule has 1 atom stereocenters. The fraction of sp³-hybridized carbons (Fsp3) is 0.300. The number of carbonyl (C=O) groups is 1. The summed E-state index contributed by atoms with van der Waals surface area (Å²) < 4.78 is 0.978. The maximum atomic E-state index is 12.7. The van der Waals surface area contributed by atoms with E-state index in [2.05, 4.69) is 49.6 Å². The first kappa shape index (κ1) is 18.0. The lowest BCUT2D eigenvalue weighted by atomic mass is 10.0. The number of hydrogen-bond donors (Lipinski definition) is 3. The SMILES string of the molecule is NC(C(=O)N1CCC(Nc2ccc3cn[nH]c3c2)CC1)c1ccc(Br)cc1. The molecule has 1 saturated heterocycles. The molecular formula is C20H22BrN5O. The van der Waals surface area contributed by atoms with Crippen LogP contribution in [0.2, 0.25) is 0 Å². The van der Waals surface area contributed by atoms with Crippen LogP contribution in [-0.4, -0.2) is 40.1 Å². The second-order valence-electron chi connectivity index (χ2n) is 6.95. The number of piperidine rings is 1. The van der Waals surface area contributed by atoms with Crippen LogP contribution in [0.3, 0.4) is 0 Å². The number of benzene rings is 2. The molecule has 2 aromatic carbocycles. The topological polar surface area (TPSA) is 87.0 Å². The van der Waals surface area contributed by atoms with E-state index < -0.39 is 6.04 Å². The number of aromatic nitrogens is 2. The van der Waals surface area contributed by atoms with Crippen LogP contribution in [0.25, 0.3) is 10.9 Å². The van der Waals surface area contributed by atoms with E-state index in [9.17, 15) is 4.79 Å². The van der Waals surface area contributed by atoms with Gasteiger partial charge in [0.15, 0.2) is 0 Å². The van der Waals surface area contributed by atoms with Crippen molar-refractivity contribution in [3.05, 3.63) is 58.7 Å². The van der Waals surface area contributed by atoms with Crippen molar-refractivity contribution in [2.24, 2.45) is 5.73 Å². The van der Waals surface area contributed by atoms with Gasteiger partial charge in [-0.2, -0.15) is 5.10 Å². The number of nitrogens with zero attached hydrogens (tertiary/aromatic N) is 2. The number of nitrogens with one attached hydrogen (secondary N) is 2. The second-order valence-corrected chi connectivity index (χ2v) is 7.86. The number of nitrogens with two attached hydrogens (primary N) is 1. The molecule has 4 rings (SSSR count). The van der Waals surface area contributed by atoms with Gasteiger partial charge in [0.25, 0.3) is 0 Å². The molecule has 1 aliphatic heterocycles. The maximum Gasteiger partial charge on any atom is 0.244 e. The van der Waals surface area contributed by atoms with E-state index in [1.807, 2.05) is 35.4 Å². The molecule has 6 nitrogen and oxygen atoms in total. The van der Waals surface area contributed by atoms with Crippen LogP contribution in [0.4, 0.5) is 5.69 Å². The van der Waals surface area contributed by atoms with Crippen LogP contribution in [-0.2, 0) is 4.79 Å². The predicted molar refractivity (Wildman–Crippen MR) is 110 cm³/mol. The highest BCUT2D eigenvalue weighted by atomic mass is 79.9. The molecule has 140 valence electrons. The third kappa shape index (κ3) is 3.99. The van der Waals surface area contributed by atoms with Gasteiger partial charge in [0.05, 0.1) is 11.7 Å². The highest BCUT2D eigenvalue weighted by Gasteiger charge is 2.27. The molecule has 27 heavy (non-hydrogen) atoms. The number of hydrogen-bond acceptors (Lipinski definition) is 4. The van der Waals surface area contributed by atoms with Gasteiger partial charge in [-0.15, -0.1) is 0 Å². The predicted octanol–water partition coefficient (Wildman–Crippen LogP) is 3.43.